The van der Waals surface area contributed by atoms with Crippen LogP contribution in [0.1, 0.15) is 39.5 Å². The maximum Gasteiger partial charge on any atom is 0.322 e. The molecule has 2 unspecified atom stereocenters. The lowest BCUT2D eigenvalue weighted by molar-refractivity contribution is 0.308. The summed E-state index contributed by atoms with van der Waals surface area (Å²) >= 11 is 5.93. The normalized spacial score (nSPS) is 23.2. The number of hydrogen-bond donors (Lipinski definition) is 0. The Balaban J connectivity index is 2.15. The second kappa shape index (κ2) is 6.37. The Hall–Kier alpha value is -1.10. The fraction of sp³-hybridized carbons (Fsp3) is 0.769. The summed E-state index contributed by atoms with van der Waals surface area (Å²) in [6, 6.07) is 0.768. The molecule has 1 aliphatic rings. The van der Waals surface area contributed by atoms with Gasteiger partial charge in [0.2, 0.25) is 11.2 Å². The Morgan fingerprint density at radius 1 is 1.32 bits per heavy atom. The number of ether oxygens (including phenoxy) is 1. The summed E-state index contributed by atoms with van der Waals surface area (Å²) in [4.78, 5) is 14.6. The molecule has 0 amide bonds. The maximum absolute atomic E-state index is 5.93. The molecule has 1 fully saturated rings. The number of rotatable bonds is 4. The zero-order chi connectivity index (χ0) is 13.8. The van der Waals surface area contributed by atoms with Crippen LogP contribution in [0.5, 0.6) is 6.01 Å². The van der Waals surface area contributed by atoms with Crippen molar-refractivity contribution < 1.29 is 4.74 Å². The van der Waals surface area contributed by atoms with Gasteiger partial charge in [-0.25, -0.2) is 0 Å². The van der Waals surface area contributed by atoms with Crippen LogP contribution in [-0.4, -0.2) is 34.6 Å². The fourth-order valence-corrected chi connectivity index (χ4v) is 2.74. The summed E-state index contributed by atoms with van der Waals surface area (Å²) in [5.74, 6) is 1.35. The van der Waals surface area contributed by atoms with Crippen LogP contribution in [-0.2, 0) is 0 Å². The summed E-state index contributed by atoms with van der Waals surface area (Å²) in [7, 11) is 2.02. The molecule has 0 saturated heterocycles. The number of nitrogens with zero attached hydrogens (tertiary/aromatic N) is 4. The topological polar surface area (TPSA) is 51.1 Å². The maximum atomic E-state index is 5.93. The summed E-state index contributed by atoms with van der Waals surface area (Å²) in [6.45, 7) is 4.71. The van der Waals surface area contributed by atoms with Gasteiger partial charge in [-0.2, -0.15) is 15.0 Å². The molecule has 0 bridgehead atoms. The van der Waals surface area contributed by atoms with E-state index < -0.39 is 0 Å². The minimum atomic E-state index is 0.184. The largest absolute Gasteiger partial charge is 0.464 e. The summed E-state index contributed by atoms with van der Waals surface area (Å²) in [6.07, 6.45) is 4.91. The molecule has 0 aliphatic heterocycles. The second-order valence-corrected chi connectivity index (χ2v) is 5.49. The van der Waals surface area contributed by atoms with Gasteiger partial charge in [0.15, 0.2) is 0 Å². The van der Waals surface area contributed by atoms with Crippen molar-refractivity contribution in [1.82, 2.24) is 15.0 Å². The molecule has 2 rings (SSSR count). The Labute approximate surface area is 119 Å². The number of halogens is 1. The molecule has 0 aromatic carbocycles. The van der Waals surface area contributed by atoms with Gasteiger partial charge in [-0.05, 0) is 37.3 Å². The molecule has 1 aromatic heterocycles. The molecule has 1 aliphatic carbocycles. The predicted octanol–water partition coefficient (Wildman–Crippen LogP) is 2.94. The third-order valence-electron chi connectivity index (χ3n) is 3.62. The smallest absolute Gasteiger partial charge is 0.322 e. The first kappa shape index (κ1) is 14.3. The van der Waals surface area contributed by atoms with Crippen molar-refractivity contribution in [1.29, 1.82) is 0 Å². The lowest BCUT2D eigenvalue weighted by Crippen LogP contribution is -2.36. The van der Waals surface area contributed by atoms with Gasteiger partial charge in [0.25, 0.3) is 0 Å². The van der Waals surface area contributed by atoms with Gasteiger partial charge in [0, 0.05) is 13.1 Å². The highest BCUT2D eigenvalue weighted by Crippen LogP contribution is 2.28. The summed E-state index contributed by atoms with van der Waals surface area (Å²) in [5, 5.41) is 0.184. The number of aromatic nitrogens is 3. The van der Waals surface area contributed by atoms with E-state index in [0.717, 1.165) is 5.92 Å². The van der Waals surface area contributed by atoms with E-state index in [4.69, 9.17) is 16.3 Å². The van der Waals surface area contributed by atoms with Crippen LogP contribution in [0.15, 0.2) is 0 Å². The first-order chi connectivity index (χ1) is 9.10. The minimum absolute atomic E-state index is 0.184. The molecule has 1 heterocycles. The van der Waals surface area contributed by atoms with E-state index in [1.165, 1.54) is 25.7 Å². The van der Waals surface area contributed by atoms with Gasteiger partial charge in [-0.1, -0.05) is 19.8 Å². The molecule has 0 N–H and O–H groups in total. The van der Waals surface area contributed by atoms with Crippen LogP contribution in [0, 0.1) is 5.92 Å². The fourth-order valence-electron chi connectivity index (χ4n) is 2.59. The third-order valence-corrected chi connectivity index (χ3v) is 3.79. The van der Waals surface area contributed by atoms with Crippen molar-refractivity contribution in [2.24, 2.45) is 5.92 Å². The van der Waals surface area contributed by atoms with Crippen molar-refractivity contribution in [2.45, 2.75) is 45.6 Å². The monoisotopic (exact) mass is 284 g/mol. The Morgan fingerprint density at radius 2 is 2.11 bits per heavy atom. The van der Waals surface area contributed by atoms with Gasteiger partial charge in [-0.3, -0.25) is 0 Å². The molecular formula is C13H21ClN4O. The van der Waals surface area contributed by atoms with Crippen LogP contribution in [0.4, 0.5) is 5.95 Å². The quantitative estimate of drug-likeness (QED) is 0.851. The Bertz CT molecular complexity index is 429. The average Bonchev–Trinajstić information content (AvgIpc) is 2.37. The van der Waals surface area contributed by atoms with Crippen LogP contribution in [0.25, 0.3) is 0 Å². The zero-order valence-corrected chi connectivity index (χ0v) is 12.5. The van der Waals surface area contributed by atoms with E-state index in [2.05, 4.69) is 26.8 Å². The van der Waals surface area contributed by atoms with Crippen LogP contribution < -0.4 is 9.64 Å². The number of anilines is 1. The first-order valence-electron chi connectivity index (χ1n) is 6.87. The van der Waals surface area contributed by atoms with Gasteiger partial charge >= 0.3 is 6.01 Å². The minimum Gasteiger partial charge on any atom is -0.464 e. The summed E-state index contributed by atoms with van der Waals surface area (Å²) < 4.78 is 5.31. The highest BCUT2D eigenvalue weighted by atomic mass is 35.5. The molecule has 2 atom stereocenters. The van der Waals surface area contributed by atoms with E-state index >= 15 is 0 Å². The average molecular weight is 285 g/mol. The molecule has 1 aromatic rings. The van der Waals surface area contributed by atoms with E-state index in [-0.39, 0.29) is 5.28 Å². The molecule has 106 valence electrons. The molecule has 0 spiro atoms. The first-order valence-corrected chi connectivity index (χ1v) is 7.25. The van der Waals surface area contributed by atoms with Crippen molar-refractivity contribution >= 4 is 17.5 Å². The van der Waals surface area contributed by atoms with E-state index in [1.807, 2.05) is 14.0 Å². The summed E-state index contributed by atoms with van der Waals surface area (Å²) in [5.41, 5.74) is 0. The lowest BCUT2D eigenvalue weighted by atomic mass is 9.86. The van der Waals surface area contributed by atoms with Crippen molar-refractivity contribution in [3.05, 3.63) is 5.28 Å². The SMILES string of the molecule is CCOc1nc(Cl)nc(N(C)C2CCCC(C)C2)n1. The van der Waals surface area contributed by atoms with Crippen LogP contribution >= 0.6 is 11.6 Å². The van der Waals surface area contributed by atoms with Crippen LogP contribution in [0.3, 0.4) is 0 Å². The Kier molecular flexibility index (Phi) is 4.80. The van der Waals surface area contributed by atoms with Gasteiger partial charge in [0.05, 0.1) is 6.61 Å². The van der Waals surface area contributed by atoms with E-state index in [9.17, 15) is 0 Å². The van der Waals surface area contributed by atoms with Crippen molar-refractivity contribution in [2.75, 3.05) is 18.6 Å². The molecule has 0 radical (unpaired) electrons. The molecule has 5 nitrogen and oxygen atoms in total. The van der Waals surface area contributed by atoms with Crippen LogP contribution in [0.2, 0.25) is 5.28 Å². The van der Waals surface area contributed by atoms with E-state index in [1.54, 1.807) is 0 Å². The standard InChI is InChI=1S/C13H21ClN4O/c1-4-19-13-16-11(14)15-12(17-13)18(3)10-7-5-6-9(2)8-10/h9-10H,4-8H2,1-3H3. The number of hydrogen-bond acceptors (Lipinski definition) is 5. The van der Waals surface area contributed by atoms with Gasteiger partial charge in [-0.15, -0.1) is 0 Å². The highest BCUT2D eigenvalue weighted by Gasteiger charge is 2.24. The van der Waals surface area contributed by atoms with Gasteiger partial charge < -0.3 is 9.64 Å². The molecule has 19 heavy (non-hydrogen) atoms. The van der Waals surface area contributed by atoms with Crippen molar-refractivity contribution in [3.63, 3.8) is 0 Å². The third kappa shape index (κ3) is 3.69. The zero-order valence-electron chi connectivity index (χ0n) is 11.8. The molecular weight excluding hydrogens is 264 g/mol. The van der Waals surface area contributed by atoms with Crippen molar-refractivity contribution in [3.8, 4) is 6.01 Å². The van der Waals surface area contributed by atoms with E-state index in [0.29, 0.717) is 24.6 Å². The van der Waals surface area contributed by atoms with Gasteiger partial charge in [0.1, 0.15) is 0 Å². The lowest BCUT2D eigenvalue weighted by Gasteiger charge is -2.34. The Morgan fingerprint density at radius 3 is 2.79 bits per heavy atom. The second-order valence-electron chi connectivity index (χ2n) is 5.16. The molecule has 6 heteroatoms. The molecule has 1 saturated carbocycles. The highest BCUT2D eigenvalue weighted by molar-refractivity contribution is 6.28. The predicted molar refractivity (Wildman–Crippen MR) is 75.8 cm³/mol.